The fraction of sp³-hybridized carbons (Fsp3) is 0.727. The smallest absolute Gasteiger partial charge is 0.158 e. The van der Waals surface area contributed by atoms with Crippen LogP contribution < -0.4 is 5.32 Å². The molecule has 5 heteroatoms. The van der Waals surface area contributed by atoms with Gasteiger partial charge >= 0.3 is 0 Å². The lowest BCUT2D eigenvalue weighted by atomic mass is 9.85. The summed E-state index contributed by atoms with van der Waals surface area (Å²) in [6.45, 7) is 2.92. The van der Waals surface area contributed by atoms with Crippen LogP contribution in [-0.4, -0.2) is 32.9 Å². The normalized spacial score (nSPS) is 25.6. The molecule has 1 atom stereocenters. The Morgan fingerprint density at radius 3 is 3.00 bits per heavy atom. The van der Waals surface area contributed by atoms with E-state index >= 15 is 0 Å². The van der Waals surface area contributed by atoms with Gasteiger partial charge in [0.1, 0.15) is 0 Å². The number of nitrogens with zero attached hydrogens (tertiary/aromatic N) is 3. The average molecular weight is 222 g/mol. The molecule has 0 bridgehead atoms. The molecule has 1 aromatic heterocycles. The maximum absolute atomic E-state index is 12.2. The Morgan fingerprint density at radius 1 is 1.62 bits per heavy atom. The Hall–Kier alpha value is -1.23. The van der Waals surface area contributed by atoms with Crippen LogP contribution in [0.1, 0.15) is 31.9 Å². The summed E-state index contributed by atoms with van der Waals surface area (Å²) in [5, 5.41) is 11.1. The Labute approximate surface area is 95.2 Å². The van der Waals surface area contributed by atoms with Crippen molar-refractivity contribution in [1.82, 2.24) is 20.3 Å². The van der Waals surface area contributed by atoms with Crippen molar-refractivity contribution in [1.29, 1.82) is 0 Å². The van der Waals surface area contributed by atoms with Gasteiger partial charge in [0.25, 0.3) is 0 Å². The van der Waals surface area contributed by atoms with Gasteiger partial charge in [0.15, 0.2) is 5.78 Å². The van der Waals surface area contributed by atoms with E-state index in [9.17, 15) is 4.79 Å². The molecule has 0 aliphatic carbocycles. The topological polar surface area (TPSA) is 59.8 Å². The van der Waals surface area contributed by atoms with Crippen molar-refractivity contribution in [2.75, 3.05) is 6.54 Å². The van der Waals surface area contributed by atoms with Crippen molar-refractivity contribution in [3.8, 4) is 0 Å². The molecule has 1 unspecified atom stereocenters. The number of hydrogen-bond donors (Lipinski definition) is 1. The van der Waals surface area contributed by atoms with E-state index in [2.05, 4.69) is 15.6 Å². The first-order valence-electron chi connectivity index (χ1n) is 5.74. The highest BCUT2D eigenvalue weighted by atomic mass is 16.1. The molecular formula is C11H18N4O. The molecule has 1 N–H and O–H groups in total. The second kappa shape index (κ2) is 4.33. The largest absolute Gasteiger partial charge is 0.305 e. The molecule has 2 rings (SSSR count). The van der Waals surface area contributed by atoms with Gasteiger partial charge in [-0.15, -0.1) is 5.10 Å². The van der Waals surface area contributed by atoms with Crippen molar-refractivity contribution in [2.24, 2.45) is 7.05 Å². The van der Waals surface area contributed by atoms with Gasteiger partial charge in [-0.1, -0.05) is 5.21 Å². The molecule has 16 heavy (non-hydrogen) atoms. The molecule has 2 heterocycles. The predicted octanol–water partition coefficient (Wildman–Crippen LogP) is 0.459. The number of hydrogen-bond acceptors (Lipinski definition) is 4. The molecule has 1 saturated heterocycles. The van der Waals surface area contributed by atoms with Crippen molar-refractivity contribution < 1.29 is 4.79 Å². The minimum atomic E-state index is -0.365. The van der Waals surface area contributed by atoms with Crippen molar-refractivity contribution in [2.45, 2.75) is 38.1 Å². The van der Waals surface area contributed by atoms with Crippen LogP contribution >= 0.6 is 0 Å². The third-order valence-electron chi connectivity index (χ3n) is 3.23. The molecule has 0 aromatic carbocycles. The molecule has 1 aliphatic rings. The van der Waals surface area contributed by atoms with Crippen LogP contribution in [0.5, 0.6) is 0 Å². The molecule has 88 valence electrons. The first-order valence-corrected chi connectivity index (χ1v) is 5.74. The van der Waals surface area contributed by atoms with Crippen LogP contribution in [0.2, 0.25) is 0 Å². The second-order valence-corrected chi connectivity index (χ2v) is 4.70. The molecule has 0 saturated carbocycles. The highest BCUT2D eigenvalue weighted by Crippen LogP contribution is 2.20. The number of ketones is 1. The molecule has 0 radical (unpaired) electrons. The molecule has 0 spiro atoms. The average Bonchev–Trinajstić information content (AvgIpc) is 2.65. The van der Waals surface area contributed by atoms with Crippen molar-refractivity contribution >= 4 is 5.78 Å². The number of rotatable bonds is 3. The van der Waals surface area contributed by atoms with Gasteiger partial charge in [0, 0.05) is 13.2 Å². The van der Waals surface area contributed by atoms with E-state index in [1.807, 2.05) is 14.0 Å². The van der Waals surface area contributed by atoms with Crippen LogP contribution in [0.25, 0.3) is 0 Å². The summed E-state index contributed by atoms with van der Waals surface area (Å²) in [6.07, 6.45) is 5.37. The second-order valence-electron chi connectivity index (χ2n) is 4.70. The fourth-order valence-electron chi connectivity index (χ4n) is 2.13. The number of aryl methyl sites for hydroxylation is 1. The molecule has 1 aliphatic heterocycles. The number of Topliss-reactive ketones (excluding diaryl/α,β-unsaturated/α-hetero) is 1. The van der Waals surface area contributed by atoms with Gasteiger partial charge in [-0.2, -0.15) is 0 Å². The van der Waals surface area contributed by atoms with Crippen LogP contribution in [0.3, 0.4) is 0 Å². The Kier molecular flexibility index (Phi) is 3.05. The zero-order valence-corrected chi connectivity index (χ0v) is 9.86. The predicted molar refractivity (Wildman–Crippen MR) is 60.0 cm³/mol. The zero-order chi connectivity index (χ0) is 11.6. The Bertz CT molecular complexity index is 379. The number of carbonyl (C=O) groups is 1. The standard InChI is InChI=1S/C11H18N4O/c1-11(5-3-4-6-12-11)10(16)7-9-8-15(2)14-13-9/h8,12H,3-7H2,1-2H3. The first-order chi connectivity index (χ1) is 7.60. The summed E-state index contributed by atoms with van der Waals surface area (Å²) >= 11 is 0. The van der Waals surface area contributed by atoms with Crippen molar-refractivity contribution in [3.63, 3.8) is 0 Å². The third kappa shape index (κ3) is 2.29. The summed E-state index contributed by atoms with van der Waals surface area (Å²) in [5.74, 6) is 0.215. The van der Waals surface area contributed by atoms with Crippen LogP contribution in [-0.2, 0) is 18.3 Å². The van der Waals surface area contributed by atoms with E-state index in [1.165, 1.54) is 0 Å². The van der Waals surface area contributed by atoms with E-state index in [0.29, 0.717) is 6.42 Å². The summed E-state index contributed by atoms with van der Waals surface area (Å²) in [5.41, 5.74) is 0.386. The summed E-state index contributed by atoms with van der Waals surface area (Å²) in [6, 6.07) is 0. The quantitative estimate of drug-likeness (QED) is 0.807. The molecule has 1 fully saturated rings. The number of nitrogens with one attached hydrogen (secondary N) is 1. The SMILES string of the molecule is Cn1cc(CC(=O)C2(C)CCCCN2)nn1. The summed E-state index contributed by atoms with van der Waals surface area (Å²) in [7, 11) is 1.81. The van der Waals surface area contributed by atoms with Gasteiger partial charge in [-0.3, -0.25) is 9.48 Å². The highest BCUT2D eigenvalue weighted by Gasteiger charge is 2.33. The van der Waals surface area contributed by atoms with E-state index in [1.54, 1.807) is 10.9 Å². The minimum Gasteiger partial charge on any atom is -0.305 e. The van der Waals surface area contributed by atoms with E-state index in [4.69, 9.17) is 0 Å². The monoisotopic (exact) mass is 222 g/mol. The highest BCUT2D eigenvalue weighted by molar-refractivity contribution is 5.89. The van der Waals surface area contributed by atoms with Gasteiger partial charge < -0.3 is 5.32 Å². The molecule has 5 nitrogen and oxygen atoms in total. The van der Waals surface area contributed by atoms with E-state index in [0.717, 1.165) is 31.5 Å². The zero-order valence-electron chi connectivity index (χ0n) is 9.86. The van der Waals surface area contributed by atoms with Gasteiger partial charge in [-0.25, -0.2) is 0 Å². The number of carbonyl (C=O) groups excluding carboxylic acids is 1. The summed E-state index contributed by atoms with van der Waals surface area (Å²) < 4.78 is 1.62. The lowest BCUT2D eigenvalue weighted by molar-refractivity contribution is -0.125. The molecular weight excluding hydrogens is 204 g/mol. The number of aromatic nitrogens is 3. The van der Waals surface area contributed by atoms with E-state index < -0.39 is 0 Å². The maximum Gasteiger partial charge on any atom is 0.158 e. The van der Waals surface area contributed by atoms with Gasteiger partial charge in [0.05, 0.1) is 17.7 Å². The first kappa shape index (κ1) is 11.3. The fourth-order valence-corrected chi connectivity index (χ4v) is 2.13. The lowest BCUT2D eigenvalue weighted by Gasteiger charge is -2.33. The van der Waals surface area contributed by atoms with Crippen LogP contribution in [0.15, 0.2) is 6.20 Å². The van der Waals surface area contributed by atoms with E-state index in [-0.39, 0.29) is 11.3 Å². The summed E-state index contributed by atoms with van der Waals surface area (Å²) in [4.78, 5) is 12.2. The Balaban J connectivity index is 2.01. The van der Waals surface area contributed by atoms with Gasteiger partial charge in [0.2, 0.25) is 0 Å². The molecule has 0 amide bonds. The van der Waals surface area contributed by atoms with Gasteiger partial charge in [-0.05, 0) is 32.7 Å². The lowest BCUT2D eigenvalue weighted by Crippen LogP contribution is -2.52. The van der Waals surface area contributed by atoms with Crippen LogP contribution in [0, 0.1) is 0 Å². The molecule has 1 aromatic rings. The third-order valence-corrected chi connectivity index (χ3v) is 3.23. The minimum absolute atomic E-state index is 0.215. The number of piperidine rings is 1. The van der Waals surface area contributed by atoms with Crippen molar-refractivity contribution in [3.05, 3.63) is 11.9 Å². The maximum atomic E-state index is 12.2. The van der Waals surface area contributed by atoms with Crippen LogP contribution in [0.4, 0.5) is 0 Å². The Morgan fingerprint density at radius 2 is 2.44 bits per heavy atom.